The van der Waals surface area contributed by atoms with Crippen molar-refractivity contribution in [2.45, 2.75) is 19.8 Å². The molecule has 1 aliphatic rings. The van der Waals surface area contributed by atoms with Crippen LogP contribution in [-0.2, 0) is 11.2 Å². The Balaban J connectivity index is 1.55. The van der Waals surface area contributed by atoms with E-state index in [4.69, 9.17) is 5.26 Å². The van der Waals surface area contributed by atoms with Crippen LogP contribution in [0.2, 0.25) is 0 Å². The number of amides is 1. The van der Waals surface area contributed by atoms with Gasteiger partial charge in [-0.1, -0.05) is 18.2 Å². The molecule has 134 valence electrons. The molecule has 7 heteroatoms. The number of aromatic nitrogens is 2. The smallest absolute Gasteiger partial charge is 0.226 e. The highest BCUT2D eigenvalue weighted by atomic mass is 19.1. The summed E-state index contributed by atoms with van der Waals surface area (Å²) in [5.74, 6) is 0.283. The van der Waals surface area contributed by atoms with Gasteiger partial charge in [0.2, 0.25) is 11.9 Å². The highest BCUT2D eigenvalue weighted by Gasteiger charge is 2.23. The zero-order valence-electron chi connectivity index (χ0n) is 14.7. The standard InChI is InChI=1S/C19H20FN5O/c1-14-12-16(13-21)23-19(22-14)25-10-8-24(9-11-25)18(26)7-6-15-4-2-3-5-17(15)20/h2-5,12H,6-11H2,1H3. The molecule has 0 atom stereocenters. The molecule has 0 saturated carbocycles. The van der Waals surface area contributed by atoms with Crippen molar-refractivity contribution in [3.8, 4) is 6.07 Å². The fraction of sp³-hybridized carbons (Fsp3) is 0.368. The summed E-state index contributed by atoms with van der Waals surface area (Å²) < 4.78 is 13.6. The first kappa shape index (κ1) is 17.8. The van der Waals surface area contributed by atoms with Gasteiger partial charge in [-0.3, -0.25) is 4.79 Å². The van der Waals surface area contributed by atoms with Crippen molar-refractivity contribution in [3.05, 3.63) is 53.1 Å². The van der Waals surface area contributed by atoms with Gasteiger partial charge < -0.3 is 9.80 Å². The van der Waals surface area contributed by atoms with E-state index in [0.717, 1.165) is 5.69 Å². The molecule has 2 heterocycles. The molecule has 1 saturated heterocycles. The van der Waals surface area contributed by atoms with Gasteiger partial charge in [-0.05, 0) is 31.0 Å². The van der Waals surface area contributed by atoms with Crippen molar-refractivity contribution in [2.24, 2.45) is 0 Å². The van der Waals surface area contributed by atoms with Crippen LogP contribution in [0.3, 0.4) is 0 Å². The fourth-order valence-corrected chi connectivity index (χ4v) is 3.01. The van der Waals surface area contributed by atoms with Crippen LogP contribution in [0.4, 0.5) is 10.3 Å². The third kappa shape index (κ3) is 4.14. The number of carbonyl (C=O) groups is 1. The van der Waals surface area contributed by atoms with Gasteiger partial charge >= 0.3 is 0 Å². The number of piperazine rings is 1. The van der Waals surface area contributed by atoms with Crippen molar-refractivity contribution >= 4 is 11.9 Å². The predicted octanol–water partition coefficient (Wildman–Crippen LogP) is 2.08. The molecule has 0 radical (unpaired) electrons. The number of rotatable bonds is 4. The van der Waals surface area contributed by atoms with E-state index >= 15 is 0 Å². The molecule has 6 nitrogen and oxygen atoms in total. The predicted molar refractivity (Wildman–Crippen MR) is 95.0 cm³/mol. The zero-order chi connectivity index (χ0) is 18.5. The second kappa shape index (κ2) is 7.91. The lowest BCUT2D eigenvalue weighted by atomic mass is 10.1. The Hall–Kier alpha value is -3.01. The minimum atomic E-state index is -0.269. The molecule has 26 heavy (non-hydrogen) atoms. The molecular weight excluding hydrogens is 333 g/mol. The molecule has 1 aliphatic heterocycles. The van der Waals surface area contributed by atoms with Crippen LogP contribution in [0, 0.1) is 24.1 Å². The van der Waals surface area contributed by atoms with E-state index in [-0.39, 0.29) is 11.7 Å². The Labute approximate surface area is 151 Å². The summed E-state index contributed by atoms with van der Waals surface area (Å²) in [4.78, 5) is 24.8. The molecule has 1 aromatic carbocycles. The largest absolute Gasteiger partial charge is 0.339 e. The van der Waals surface area contributed by atoms with Crippen molar-refractivity contribution in [1.29, 1.82) is 5.26 Å². The highest BCUT2D eigenvalue weighted by Crippen LogP contribution is 2.15. The SMILES string of the molecule is Cc1cc(C#N)nc(N2CCN(C(=O)CCc3ccccc3F)CC2)n1. The minimum absolute atomic E-state index is 0.0239. The van der Waals surface area contributed by atoms with Crippen molar-refractivity contribution in [3.63, 3.8) is 0 Å². The van der Waals surface area contributed by atoms with Crippen LogP contribution in [0.1, 0.15) is 23.4 Å². The summed E-state index contributed by atoms with van der Waals surface area (Å²) in [6.07, 6.45) is 0.693. The Morgan fingerprint density at radius 2 is 1.96 bits per heavy atom. The molecule has 1 fully saturated rings. The van der Waals surface area contributed by atoms with Crippen LogP contribution >= 0.6 is 0 Å². The number of nitriles is 1. The molecule has 0 bridgehead atoms. The van der Waals surface area contributed by atoms with Gasteiger partial charge in [0, 0.05) is 38.3 Å². The molecule has 2 aromatic rings. The maximum Gasteiger partial charge on any atom is 0.226 e. The number of anilines is 1. The quantitative estimate of drug-likeness (QED) is 0.841. The molecule has 0 aliphatic carbocycles. The Kier molecular flexibility index (Phi) is 5.42. The molecule has 1 amide bonds. The molecule has 3 rings (SSSR count). The van der Waals surface area contributed by atoms with E-state index < -0.39 is 0 Å². The number of halogens is 1. The molecule has 0 N–H and O–H groups in total. The number of nitrogens with zero attached hydrogens (tertiary/aromatic N) is 5. The number of hydrogen-bond donors (Lipinski definition) is 0. The lowest BCUT2D eigenvalue weighted by molar-refractivity contribution is -0.131. The molecule has 0 spiro atoms. The van der Waals surface area contributed by atoms with E-state index in [1.807, 2.05) is 17.9 Å². The fourth-order valence-electron chi connectivity index (χ4n) is 3.01. The zero-order valence-corrected chi connectivity index (χ0v) is 14.7. The average molecular weight is 353 g/mol. The lowest BCUT2D eigenvalue weighted by Gasteiger charge is -2.35. The first-order valence-electron chi connectivity index (χ1n) is 8.59. The average Bonchev–Trinajstić information content (AvgIpc) is 2.66. The van der Waals surface area contributed by atoms with Crippen LogP contribution in [0.5, 0.6) is 0 Å². The van der Waals surface area contributed by atoms with E-state index in [9.17, 15) is 9.18 Å². The van der Waals surface area contributed by atoms with E-state index in [2.05, 4.69) is 9.97 Å². The van der Waals surface area contributed by atoms with Gasteiger partial charge in [0.1, 0.15) is 17.6 Å². The van der Waals surface area contributed by atoms with E-state index in [0.29, 0.717) is 56.2 Å². The Morgan fingerprint density at radius 1 is 1.23 bits per heavy atom. The van der Waals surface area contributed by atoms with Crippen molar-refractivity contribution < 1.29 is 9.18 Å². The maximum absolute atomic E-state index is 13.6. The van der Waals surface area contributed by atoms with Gasteiger partial charge in [-0.25, -0.2) is 14.4 Å². The Morgan fingerprint density at radius 3 is 2.65 bits per heavy atom. The topological polar surface area (TPSA) is 73.1 Å². The van der Waals surface area contributed by atoms with Crippen LogP contribution in [0.15, 0.2) is 30.3 Å². The lowest BCUT2D eigenvalue weighted by Crippen LogP contribution is -2.49. The van der Waals surface area contributed by atoms with Crippen LogP contribution in [0.25, 0.3) is 0 Å². The third-order valence-electron chi connectivity index (χ3n) is 4.44. The van der Waals surface area contributed by atoms with Crippen molar-refractivity contribution in [1.82, 2.24) is 14.9 Å². The summed E-state index contributed by atoms with van der Waals surface area (Å²) in [5.41, 5.74) is 1.66. The summed E-state index contributed by atoms with van der Waals surface area (Å²) in [5, 5.41) is 9.03. The van der Waals surface area contributed by atoms with Gasteiger partial charge in [0.25, 0.3) is 0 Å². The normalized spacial score (nSPS) is 14.2. The van der Waals surface area contributed by atoms with Crippen molar-refractivity contribution in [2.75, 3.05) is 31.1 Å². The van der Waals surface area contributed by atoms with Gasteiger partial charge in [-0.15, -0.1) is 0 Å². The van der Waals surface area contributed by atoms with Crippen LogP contribution < -0.4 is 4.90 Å². The van der Waals surface area contributed by atoms with E-state index in [1.54, 1.807) is 29.2 Å². The second-order valence-electron chi connectivity index (χ2n) is 6.27. The molecule has 1 aromatic heterocycles. The first-order valence-corrected chi connectivity index (χ1v) is 8.59. The monoisotopic (exact) mass is 353 g/mol. The second-order valence-corrected chi connectivity index (χ2v) is 6.27. The van der Waals surface area contributed by atoms with Gasteiger partial charge in [0.15, 0.2) is 0 Å². The van der Waals surface area contributed by atoms with Gasteiger partial charge in [-0.2, -0.15) is 5.26 Å². The minimum Gasteiger partial charge on any atom is -0.339 e. The summed E-state index contributed by atoms with van der Waals surface area (Å²) in [6.45, 7) is 4.18. The molecule has 0 unspecified atom stereocenters. The molecular formula is C19H20FN5O. The summed E-state index contributed by atoms with van der Waals surface area (Å²) in [7, 11) is 0. The number of aryl methyl sites for hydroxylation is 2. The van der Waals surface area contributed by atoms with Gasteiger partial charge in [0.05, 0.1) is 0 Å². The van der Waals surface area contributed by atoms with E-state index in [1.165, 1.54) is 6.07 Å². The Bertz CT molecular complexity index is 840. The summed E-state index contributed by atoms with van der Waals surface area (Å²) in [6, 6.07) is 10.2. The highest BCUT2D eigenvalue weighted by molar-refractivity contribution is 5.76. The maximum atomic E-state index is 13.6. The number of carbonyl (C=O) groups excluding carboxylic acids is 1. The number of benzene rings is 1. The van der Waals surface area contributed by atoms with Crippen LogP contribution in [-0.4, -0.2) is 47.0 Å². The first-order chi connectivity index (χ1) is 12.6. The number of hydrogen-bond acceptors (Lipinski definition) is 5. The summed E-state index contributed by atoms with van der Waals surface area (Å²) >= 11 is 0. The third-order valence-corrected chi connectivity index (χ3v) is 4.44.